The molecule has 0 atom stereocenters. The molecule has 0 unspecified atom stereocenters. The largest absolute Gasteiger partial charge is 0.313 e. The fourth-order valence-electron chi connectivity index (χ4n) is 1.74. The maximum Gasteiger partial charge on any atom is 0.0165 e. The first-order chi connectivity index (χ1) is 8.11. The highest BCUT2D eigenvalue weighted by molar-refractivity contribution is 5.53. The summed E-state index contributed by atoms with van der Waals surface area (Å²) in [5, 5.41) is 3.46. The third-order valence-electron chi connectivity index (χ3n) is 2.76. The number of hydrogen-bond donors (Lipinski definition) is 1. The van der Waals surface area contributed by atoms with E-state index >= 15 is 0 Å². The van der Waals surface area contributed by atoms with Gasteiger partial charge in [0.05, 0.1) is 0 Å². The van der Waals surface area contributed by atoms with Gasteiger partial charge >= 0.3 is 0 Å². The molecule has 1 nitrogen and oxygen atoms in total. The summed E-state index contributed by atoms with van der Waals surface area (Å²) in [6, 6.07) is 8.82. The van der Waals surface area contributed by atoms with Crippen molar-refractivity contribution in [1.29, 1.82) is 0 Å². The van der Waals surface area contributed by atoms with Gasteiger partial charge in [-0.3, -0.25) is 0 Å². The SMILES string of the molecule is CCc1ccc(C=C(C)CNCC(C)C)cc1. The van der Waals surface area contributed by atoms with Crippen molar-refractivity contribution in [2.24, 2.45) is 5.92 Å². The Hall–Kier alpha value is -1.08. The van der Waals surface area contributed by atoms with E-state index in [1.165, 1.54) is 16.7 Å². The Morgan fingerprint density at radius 3 is 2.41 bits per heavy atom. The van der Waals surface area contributed by atoms with Crippen LogP contribution >= 0.6 is 0 Å². The van der Waals surface area contributed by atoms with Gasteiger partial charge in [-0.05, 0) is 36.9 Å². The molecule has 0 radical (unpaired) electrons. The summed E-state index contributed by atoms with van der Waals surface area (Å²) in [6.07, 6.45) is 3.37. The van der Waals surface area contributed by atoms with Crippen LogP contribution in [0.25, 0.3) is 6.08 Å². The van der Waals surface area contributed by atoms with E-state index in [4.69, 9.17) is 0 Å². The minimum atomic E-state index is 0.714. The van der Waals surface area contributed by atoms with Gasteiger partial charge in [-0.25, -0.2) is 0 Å². The molecular formula is C16H25N. The van der Waals surface area contributed by atoms with E-state index in [0.29, 0.717) is 5.92 Å². The first kappa shape index (κ1) is 14.0. The lowest BCUT2D eigenvalue weighted by Crippen LogP contribution is -2.21. The van der Waals surface area contributed by atoms with Crippen LogP contribution in [0.15, 0.2) is 29.8 Å². The molecule has 1 rings (SSSR count). The zero-order valence-electron chi connectivity index (χ0n) is 11.6. The second kappa shape index (κ2) is 7.29. The average Bonchev–Trinajstić information content (AvgIpc) is 2.29. The fourth-order valence-corrected chi connectivity index (χ4v) is 1.74. The van der Waals surface area contributed by atoms with Gasteiger partial charge in [0.25, 0.3) is 0 Å². The molecule has 1 aromatic rings. The fraction of sp³-hybridized carbons (Fsp3) is 0.500. The van der Waals surface area contributed by atoms with Gasteiger partial charge in [-0.15, -0.1) is 0 Å². The third kappa shape index (κ3) is 5.69. The van der Waals surface area contributed by atoms with Gasteiger partial charge in [0.15, 0.2) is 0 Å². The van der Waals surface area contributed by atoms with Crippen molar-refractivity contribution in [2.45, 2.75) is 34.1 Å². The summed E-state index contributed by atoms with van der Waals surface area (Å²) in [4.78, 5) is 0. The second-order valence-corrected chi connectivity index (χ2v) is 5.11. The van der Waals surface area contributed by atoms with E-state index in [2.05, 4.69) is 63.4 Å². The van der Waals surface area contributed by atoms with E-state index in [0.717, 1.165) is 19.5 Å². The molecule has 0 aliphatic carbocycles. The van der Waals surface area contributed by atoms with E-state index in [1.54, 1.807) is 0 Å². The van der Waals surface area contributed by atoms with Gasteiger partial charge in [0.2, 0.25) is 0 Å². The van der Waals surface area contributed by atoms with Crippen LogP contribution in [-0.2, 0) is 6.42 Å². The molecule has 0 aliphatic rings. The van der Waals surface area contributed by atoms with Crippen LogP contribution in [0, 0.1) is 5.92 Å². The van der Waals surface area contributed by atoms with Crippen LogP contribution in [0.3, 0.4) is 0 Å². The Bertz CT molecular complexity index is 346. The Morgan fingerprint density at radius 1 is 1.24 bits per heavy atom. The minimum Gasteiger partial charge on any atom is -0.313 e. The Balaban J connectivity index is 2.49. The van der Waals surface area contributed by atoms with Crippen LogP contribution in [0.4, 0.5) is 0 Å². The predicted molar refractivity (Wildman–Crippen MR) is 77.2 cm³/mol. The Labute approximate surface area is 106 Å². The lowest BCUT2D eigenvalue weighted by Gasteiger charge is -2.07. The van der Waals surface area contributed by atoms with Gasteiger partial charge in [-0.1, -0.05) is 56.7 Å². The van der Waals surface area contributed by atoms with Crippen molar-refractivity contribution in [3.63, 3.8) is 0 Å². The average molecular weight is 231 g/mol. The van der Waals surface area contributed by atoms with Gasteiger partial charge in [-0.2, -0.15) is 0 Å². The van der Waals surface area contributed by atoms with Gasteiger partial charge in [0, 0.05) is 6.54 Å². The molecule has 1 N–H and O–H groups in total. The van der Waals surface area contributed by atoms with E-state index < -0.39 is 0 Å². The van der Waals surface area contributed by atoms with E-state index in [-0.39, 0.29) is 0 Å². The summed E-state index contributed by atoms with van der Waals surface area (Å²) in [5.74, 6) is 0.714. The molecule has 0 saturated heterocycles. The van der Waals surface area contributed by atoms with Crippen molar-refractivity contribution in [3.8, 4) is 0 Å². The van der Waals surface area contributed by atoms with Crippen molar-refractivity contribution in [3.05, 3.63) is 41.0 Å². The number of hydrogen-bond acceptors (Lipinski definition) is 1. The molecule has 1 aromatic carbocycles. The molecule has 0 bridgehead atoms. The quantitative estimate of drug-likeness (QED) is 0.783. The zero-order chi connectivity index (χ0) is 12.7. The molecular weight excluding hydrogens is 206 g/mol. The Morgan fingerprint density at radius 2 is 1.88 bits per heavy atom. The standard InChI is InChI=1S/C16H25N/c1-5-15-6-8-16(9-7-15)10-14(4)12-17-11-13(2)3/h6-10,13,17H,5,11-12H2,1-4H3. The minimum absolute atomic E-state index is 0.714. The molecule has 0 saturated carbocycles. The van der Waals surface area contributed by atoms with Crippen molar-refractivity contribution in [1.82, 2.24) is 5.32 Å². The van der Waals surface area contributed by atoms with Crippen LogP contribution in [-0.4, -0.2) is 13.1 Å². The highest BCUT2D eigenvalue weighted by Gasteiger charge is 1.95. The van der Waals surface area contributed by atoms with Crippen LogP contribution < -0.4 is 5.32 Å². The predicted octanol–water partition coefficient (Wildman–Crippen LogP) is 3.90. The third-order valence-corrected chi connectivity index (χ3v) is 2.76. The normalized spacial score (nSPS) is 12.2. The molecule has 0 spiro atoms. The molecule has 1 heteroatoms. The lowest BCUT2D eigenvalue weighted by atomic mass is 10.1. The number of nitrogens with one attached hydrogen (secondary N) is 1. The summed E-state index contributed by atoms with van der Waals surface area (Å²) in [6.45, 7) is 10.9. The molecule has 0 aromatic heterocycles. The molecule has 0 heterocycles. The van der Waals surface area contributed by atoms with Crippen molar-refractivity contribution >= 4 is 6.08 Å². The lowest BCUT2D eigenvalue weighted by molar-refractivity contribution is 0.572. The molecule has 17 heavy (non-hydrogen) atoms. The maximum absolute atomic E-state index is 3.46. The van der Waals surface area contributed by atoms with Crippen molar-refractivity contribution in [2.75, 3.05) is 13.1 Å². The van der Waals surface area contributed by atoms with Gasteiger partial charge < -0.3 is 5.32 Å². The monoisotopic (exact) mass is 231 g/mol. The van der Waals surface area contributed by atoms with Crippen LogP contribution in [0.2, 0.25) is 0 Å². The summed E-state index contributed by atoms with van der Waals surface area (Å²) < 4.78 is 0. The van der Waals surface area contributed by atoms with Gasteiger partial charge in [0.1, 0.15) is 0 Å². The molecule has 0 aliphatic heterocycles. The smallest absolute Gasteiger partial charge is 0.0165 e. The van der Waals surface area contributed by atoms with Crippen LogP contribution in [0.1, 0.15) is 38.8 Å². The summed E-state index contributed by atoms with van der Waals surface area (Å²) in [7, 11) is 0. The maximum atomic E-state index is 3.46. The molecule has 0 amide bonds. The summed E-state index contributed by atoms with van der Waals surface area (Å²) >= 11 is 0. The highest BCUT2D eigenvalue weighted by Crippen LogP contribution is 2.09. The van der Waals surface area contributed by atoms with Crippen molar-refractivity contribution < 1.29 is 0 Å². The highest BCUT2D eigenvalue weighted by atomic mass is 14.8. The summed E-state index contributed by atoms with van der Waals surface area (Å²) in [5.41, 5.74) is 4.08. The molecule has 0 fully saturated rings. The second-order valence-electron chi connectivity index (χ2n) is 5.11. The zero-order valence-corrected chi connectivity index (χ0v) is 11.6. The Kier molecular flexibility index (Phi) is 5.99. The van der Waals surface area contributed by atoms with E-state index in [9.17, 15) is 0 Å². The number of benzene rings is 1. The first-order valence-electron chi connectivity index (χ1n) is 6.58. The number of aryl methyl sites for hydroxylation is 1. The molecule has 94 valence electrons. The number of rotatable bonds is 6. The van der Waals surface area contributed by atoms with Crippen LogP contribution in [0.5, 0.6) is 0 Å². The first-order valence-corrected chi connectivity index (χ1v) is 6.58. The van der Waals surface area contributed by atoms with E-state index in [1.807, 2.05) is 0 Å². The topological polar surface area (TPSA) is 12.0 Å².